The Morgan fingerprint density at radius 2 is 2.25 bits per heavy atom. The van der Waals surface area contributed by atoms with E-state index in [2.05, 4.69) is 15.0 Å². The van der Waals surface area contributed by atoms with Gasteiger partial charge in [-0.25, -0.2) is 18.1 Å². The van der Waals surface area contributed by atoms with Crippen molar-refractivity contribution in [1.29, 1.82) is 0 Å². The van der Waals surface area contributed by atoms with Crippen LogP contribution >= 0.6 is 0 Å². The van der Waals surface area contributed by atoms with Crippen molar-refractivity contribution in [3.05, 3.63) is 18.3 Å². The average Bonchev–Trinajstić information content (AvgIpc) is 3.23. The Morgan fingerprint density at radius 1 is 1.45 bits per heavy atom. The summed E-state index contributed by atoms with van der Waals surface area (Å²) in [5.74, 6) is 0.683. The van der Waals surface area contributed by atoms with Crippen LogP contribution in [-0.2, 0) is 14.8 Å². The lowest BCUT2D eigenvalue weighted by Gasteiger charge is -2.11. The molecule has 0 aliphatic heterocycles. The molecule has 0 aromatic carbocycles. The van der Waals surface area contributed by atoms with Gasteiger partial charge in [0.05, 0.1) is 12.3 Å². The van der Waals surface area contributed by atoms with E-state index in [1.165, 1.54) is 19.0 Å². The van der Waals surface area contributed by atoms with E-state index in [4.69, 9.17) is 4.74 Å². The lowest BCUT2D eigenvalue weighted by Crippen LogP contribution is -2.29. The van der Waals surface area contributed by atoms with Gasteiger partial charge < -0.3 is 10.1 Å². The third-order valence-electron chi connectivity index (χ3n) is 2.98. The first-order valence-corrected chi connectivity index (χ1v) is 8.38. The number of anilines is 1. The highest BCUT2D eigenvalue weighted by molar-refractivity contribution is 7.89. The number of nitrogens with zero attached hydrogens (tertiary/aromatic N) is 1. The van der Waals surface area contributed by atoms with Gasteiger partial charge in [0.1, 0.15) is 0 Å². The standard InChI is InChI=1S/C13H21N3O3S/c1-2-14-12-4-3-7-15-13(12)20(17,18)16-8-9-19-10-11-5-6-11/h3-4,7,11,14,16H,2,5-6,8-10H2,1H3. The summed E-state index contributed by atoms with van der Waals surface area (Å²) < 4.78 is 32.3. The summed E-state index contributed by atoms with van der Waals surface area (Å²) in [7, 11) is -3.60. The van der Waals surface area contributed by atoms with Crippen molar-refractivity contribution in [3.8, 4) is 0 Å². The number of ether oxygens (including phenoxy) is 1. The van der Waals surface area contributed by atoms with E-state index in [1.54, 1.807) is 12.1 Å². The van der Waals surface area contributed by atoms with Crippen LogP contribution in [0.5, 0.6) is 0 Å². The fraction of sp³-hybridized carbons (Fsp3) is 0.615. The second-order valence-corrected chi connectivity index (χ2v) is 6.48. The zero-order valence-corrected chi connectivity index (χ0v) is 12.4. The first-order valence-electron chi connectivity index (χ1n) is 6.90. The van der Waals surface area contributed by atoms with Crippen LogP contribution in [0.3, 0.4) is 0 Å². The van der Waals surface area contributed by atoms with E-state index in [9.17, 15) is 8.42 Å². The molecular formula is C13H21N3O3S. The summed E-state index contributed by atoms with van der Waals surface area (Å²) in [6.45, 7) is 3.92. The van der Waals surface area contributed by atoms with E-state index < -0.39 is 10.0 Å². The van der Waals surface area contributed by atoms with Crippen molar-refractivity contribution < 1.29 is 13.2 Å². The minimum atomic E-state index is -3.60. The van der Waals surface area contributed by atoms with Gasteiger partial charge in [0.2, 0.25) is 0 Å². The van der Waals surface area contributed by atoms with E-state index >= 15 is 0 Å². The molecule has 1 aliphatic rings. The molecule has 0 bridgehead atoms. The number of sulfonamides is 1. The molecule has 1 aromatic rings. The van der Waals surface area contributed by atoms with Crippen molar-refractivity contribution in [3.63, 3.8) is 0 Å². The molecule has 7 heteroatoms. The molecule has 0 unspecified atom stereocenters. The molecule has 112 valence electrons. The SMILES string of the molecule is CCNc1cccnc1S(=O)(=O)NCCOCC1CC1. The van der Waals surface area contributed by atoms with Gasteiger partial charge in [-0.15, -0.1) is 0 Å². The minimum absolute atomic E-state index is 0.0315. The molecule has 2 rings (SSSR count). The normalized spacial score (nSPS) is 15.2. The predicted molar refractivity (Wildman–Crippen MR) is 77.1 cm³/mol. The minimum Gasteiger partial charge on any atom is -0.383 e. The van der Waals surface area contributed by atoms with Crippen molar-refractivity contribution >= 4 is 15.7 Å². The predicted octanol–water partition coefficient (Wildman–Crippen LogP) is 1.22. The molecule has 0 saturated heterocycles. The zero-order chi connectivity index (χ0) is 14.4. The van der Waals surface area contributed by atoms with Crippen LogP contribution in [0.15, 0.2) is 23.4 Å². The number of pyridine rings is 1. The first-order chi connectivity index (χ1) is 9.63. The molecule has 0 amide bonds. The topological polar surface area (TPSA) is 80.3 Å². The molecule has 0 atom stereocenters. The van der Waals surface area contributed by atoms with Gasteiger partial charge in [-0.1, -0.05) is 0 Å². The van der Waals surface area contributed by atoms with Crippen LogP contribution in [0.25, 0.3) is 0 Å². The van der Waals surface area contributed by atoms with Crippen molar-refractivity contribution in [2.24, 2.45) is 5.92 Å². The third kappa shape index (κ3) is 4.43. The summed E-state index contributed by atoms with van der Waals surface area (Å²) in [5.41, 5.74) is 0.515. The number of hydrogen-bond donors (Lipinski definition) is 2. The fourth-order valence-corrected chi connectivity index (χ4v) is 2.90. The number of aromatic nitrogens is 1. The molecule has 1 saturated carbocycles. The molecule has 0 radical (unpaired) electrons. The van der Waals surface area contributed by atoms with Crippen LogP contribution in [0.4, 0.5) is 5.69 Å². The molecule has 0 spiro atoms. The van der Waals surface area contributed by atoms with Gasteiger partial charge >= 0.3 is 0 Å². The molecule has 2 N–H and O–H groups in total. The highest BCUT2D eigenvalue weighted by Crippen LogP contribution is 2.28. The molecule has 1 fully saturated rings. The monoisotopic (exact) mass is 299 g/mol. The number of hydrogen-bond acceptors (Lipinski definition) is 5. The molecule has 1 heterocycles. The fourth-order valence-electron chi connectivity index (χ4n) is 1.78. The van der Waals surface area contributed by atoms with Crippen LogP contribution in [0, 0.1) is 5.92 Å². The van der Waals surface area contributed by atoms with E-state index in [-0.39, 0.29) is 11.6 Å². The Balaban J connectivity index is 1.87. The van der Waals surface area contributed by atoms with Crippen molar-refractivity contribution in [1.82, 2.24) is 9.71 Å². The van der Waals surface area contributed by atoms with Crippen LogP contribution < -0.4 is 10.0 Å². The average molecular weight is 299 g/mol. The van der Waals surface area contributed by atoms with Gasteiger partial charge in [0.15, 0.2) is 5.03 Å². The van der Waals surface area contributed by atoms with Gasteiger partial charge in [0, 0.05) is 25.9 Å². The summed E-state index contributed by atoms with van der Waals surface area (Å²) >= 11 is 0. The summed E-state index contributed by atoms with van der Waals surface area (Å²) in [6, 6.07) is 3.41. The third-order valence-corrected chi connectivity index (χ3v) is 4.40. The van der Waals surface area contributed by atoms with E-state index in [0.29, 0.717) is 24.8 Å². The Hall–Kier alpha value is -1.18. The smallest absolute Gasteiger partial charge is 0.260 e. The molecule has 1 aliphatic carbocycles. The summed E-state index contributed by atoms with van der Waals surface area (Å²) in [6.07, 6.45) is 3.93. The maximum atomic E-state index is 12.2. The van der Waals surface area contributed by atoms with Gasteiger partial charge in [-0.3, -0.25) is 0 Å². The molecule has 20 heavy (non-hydrogen) atoms. The maximum absolute atomic E-state index is 12.2. The highest BCUT2D eigenvalue weighted by atomic mass is 32.2. The largest absolute Gasteiger partial charge is 0.383 e. The Labute approximate surface area is 120 Å². The van der Waals surface area contributed by atoms with Crippen LogP contribution in [0.2, 0.25) is 0 Å². The lowest BCUT2D eigenvalue weighted by atomic mass is 10.4. The van der Waals surface area contributed by atoms with Gasteiger partial charge in [0.25, 0.3) is 10.0 Å². The first kappa shape index (κ1) is 15.2. The van der Waals surface area contributed by atoms with Gasteiger partial charge in [-0.2, -0.15) is 0 Å². The van der Waals surface area contributed by atoms with Crippen molar-refractivity contribution in [2.75, 3.05) is 31.6 Å². The zero-order valence-electron chi connectivity index (χ0n) is 11.6. The Bertz CT molecular complexity index is 529. The second kappa shape index (κ2) is 7.01. The molecule has 1 aromatic heterocycles. The number of nitrogens with one attached hydrogen (secondary N) is 2. The summed E-state index contributed by atoms with van der Waals surface area (Å²) in [4.78, 5) is 3.95. The Morgan fingerprint density at radius 3 is 2.95 bits per heavy atom. The molecular weight excluding hydrogens is 278 g/mol. The number of rotatable bonds is 9. The van der Waals surface area contributed by atoms with E-state index in [1.807, 2.05) is 6.92 Å². The lowest BCUT2D eigenvalue weighted by molar-refractivity contribution is 0.129. The quantitative estimate of drug-likeness (QED) is 0.670. The van der Waals surface area contributed by atoms with E-state index in [0.717, 1.165) is 6.61 Å². The van der Waals surface area contributed by atoms with Crippen LogP contribution in [0.1, 0.15) is 19.8 Å². The van der Waals surface area contributed by atoms with Gasteiger partial charge in [-0.05, 0) is 37.8 Å². The second-order valence-electron chi connectivity index (χ2n) is 4.80. The highest BCUT2D eigenvalue weighted by Gasteiger charge is 2.22. The van der Waals surface area contributed by atoms with Crippen LogP contribution in [-0.4, -0.2) is 39.7 Å². The summed E-state index contributed by atoms with van der Waals surface area (Å²) in [5, 5.41) is 3.03. The maximum Gasteiger partial charge on any atom is 0.260 e. The Kier molecular flexibility index (Phi) is 5.33. The molecule has 6 nitrogen and oxygen atoms in total. The van der Waals surface area contributed by atoms with Crippen molar-refractivity contribution in [2.45, 2.75) is 24.8 Å².